The molecule has 0 bridgehead atoms. The molecule has 2 N–H and O–H groups in total. The van der Waals surface area contributed by atoms with Crippen molar-refractivity contribution < 1.29 is 29.0 Å². The Morgan fingerprint density at radius 2 is 1.95 bits per heavy atom. The maximum absolute atomic E-state index is 11.6. The number of phenols is 1. The molecule has 0 fully saturated rings. The third-order valence-corrected chi connectivity index (χ3v) is 2.22. The van der Waals surface area contributed by atoms with Gasteiger partial charge in [0.05, 0.1) is 6.61 Å². The minimum Gasteiger partial charge on any atom is -0.507 e. The summed E-state index contributed by atoms with van der Waals surface area (Å²) < 4.78 is 9.16. The number of nitrogens with one attached hydrogen (secondary N) is 1. The second-order valence-corrected chi connectivity index (χ2v) is 3.87. The Morgan fingerprint density at radius 1 is 1.25 bits per heavy atom. The van der Waals surface area contributed by atoms with Crippen LogP contribution in [0.1, 0.15) is 22.8 Å². The summed E-state index contributed by atoms with van der Waals surface area (Å²) in [6.45, 7) is 2.81. The number of amides is 2. The molecule has 0 aliphatic heterocycles. The van der Waals surface area contributed by atoms with Gasteiger partial charge in [0.25, 0.3) is 5.91 Å². The summed E-state index contributed by atoms with van der Waals surface area (Å²) in [4.78, 5) is 33.8. The van der Waals surface area contributed by atoms with E-state index in [2.05, 4.69) is 9.47 Å². The molecule has 0 atom stereocenters. The van der Waals surface area contributed by atoms with Gasteiger partial charge in [-0.2, -0.15) is 0 Å². The zero-order valence-corrected chi connectivity index (χ0v) is 11.1. The van der Waals surface area contributed by atoms with Gasteiger partial charge in [-0.25, -0.2) is 9.59 Å². The van der Waals surface area contributed by atoms with Crippen molar-refractivity contribution >= 4 is 18.0 Å². The standard InChI is InChI=1S/C13H15NO6/c1-3-19-13(18)14-11(16)7-20-12(17)9-5-4-8(2)6-10(9)15/h4-6,15H,3,7H2,1-2H3,(H,14,16,18). The van der Waals surface area contributed by atoms with E-state index in [0.29, 0.717) is 0 Å². The predicted octanol–water partition coefficient (Wildman–Crippen LogP) is 1.13. The number of hydrogen-bond donors (Lipinski definition) is 2. The van der Waals surface area contributed by atoms with Crippen LogP contribution in [0.3, 0.4) is 0 Å². The first-order valence-electron chi connectivity index (χ1n) is 5.87. The lowest BCUT2D eigenvalue weighted by Gasteiger charge is -2.07. The second-order valence-electron chi connectivity index (χ2n) is 3.87. The Morgan fingerprint density at radius 3 is 2.55 bits per heavy atom. The van der Waals surface area contributed by atoms with Gasteiger partial charge in [0.15, 0.2) is 6.61 Å². The number of ether oxygens (including phenoxy) is 2. The van der Waals surface area contributed by atoms with Crippen molar-refractivity contribution in [1.29, 1.82) is 0 Å². The van der Waals surface area contributed by atoms with E-state index in [1.165, 1.54) is 12.1 Å². The molecule has 108 valence electrons. The maximum Gasteiger partial charge on any atom is 0.413 e. The number of phenolic OH excluding ortho intramolecular Hbond substituents is 1. The van der Waals surface area contributed by atoms with Crippen LogP contribution in [0.25, 0.3) is 0 Å². The van der Waals surface area contributed by atoms with E-state index in [1.54, 1.807) is 19.9 Å². The van der Waals surface area contributed by atoms with E-state index in [9.17, 15) is 19.5 Å². The van der Waals surface area contributed by atoms with Gasteiger partial charge in [-0.05, 0) is 31.5 Å². The van der Waals surface area contributed by atoms with Crippen LogP contribution in [0.2, 0.25) is 0 Å². The minimum absolute atomic E-state index is 0.0560. The summed E-state index contributed by atoms with van der Waals surface area (Å²) in [5, 5.41) is 11.4. The van der Waals surface area contributed by atoms with Gasteiger partial charge < -0.3 is 14.6 Å². The molecule has 0 aliphatic carbocycles. The number of rotatable bonds is 4. The van der Waals surface area contributed by atoms with Gasteiger partial charge in [0.1, 0.15) is 11.3 Å². The summed E-state index contributed by atoms with van der Waals surface area (Å²) in [5.74, 6) is -1.91. The molecule has 0 aromatic heterocycles. The van der Waals surface area contributed by atoms with Gasteiger partial charge in [-0.3, -0.25) is 10.1 Å². The van der Waals surface area contributed by atoms with Crippen LogP contribution < -0.4 is 5.32 Å². The van der Waals surface area contributed by atoms with E-state index in [1.807, 2.05) is 5.32 Å². The lowest BCUT2D eigenvalue weighted by Crippen LogP contribution is -2.34. The number of esters is 1. The van der Waals surface area contributed by atoms with Crippen LogP contribution in [0.4, 0.5) is 4.79 Å². The zero-order valence-electron chi connectivity index (χ0n) is 11.1. The van der Waals surface area contributed by atoms with Crippen molar-refractivity contribution in [3.63, 3.8) is 0 Å². The topological polar surface area (TPSA) is 102 Å². The van der Waals surface area contributed by atoms with Crippen molar-refractivity contribution in [2.24, 2.45) is 0 Å². The SMILES string of the molecule is CCOC(=O)NC(=O)COC(=O)c1ccc(C)cc1O. The highest BCUT2D eigenvalue weighted by molar-refractivity contribution is 5.96. The number of carbonyl (C=O) groups is 3. The van der Waals surface area contributed by atoms with Gasteiger partial charge in [-0.15, -0.1) is 0 Å². The van der Waals surface area contributed by atoms with Gasteiger partial charge in [0.2, 0.25) is 0 Å². The van der Waals surface area contributed by atoms with Crippen LogP contribution in [-0.2, 0) is 14.3 Å². The first kappa shape index (κ1) is 15.5. The Labute approximate surface area is 115 Å². The third kappa shape index (κ3) is 4.60. The van der Waals surface area contributed by atoms with Gasteiger partial charge >= 0.3 is 12.1 Å². The molecule has 20 heavy (non-hydrogen) atoms. The molecule has 0 saturated heterocycles. The molecule has 2 amide bonds. The van der Waals surface area contributed by atoms with E-state index in [4.69, 9.17) is 0 Å². The molecule has 7 nitrogen and oxygen atoms in total. The highest BCUT2D eigenvalue weighted by Gasteiger charge is 2.15. The molecule has 0 radical (unpaired) electrons. The van der Waals surface area contributed by atoms with E-state index >= 15 is 0 Å². The average Bonchev–Trinajstić information content (AvgIpc) is 2.36. The number of aryl methyl sites for hydroxylation is 1. The summed E-state index contributed by atoms with van der Waals surface area (Å²) in [6.07, 6.45) is -0.910. The Bertz CT molecular complexity index is 526. The van der Waals surface area contributed by atoms with Crippen molar-refractivity contribution in [1.82, 2.24) is 5.32 Å². The van der Waals surface area contributed by atoms with Gasteiger partial charge in [0, 0.05) is 0 Å². The number of hydrogen-bond acceptors (Lipinski definition) is 6. The summed E-state index contributed by atoms with van der Waals surface area (Å²) in [7, 11) is 0. The predicted molar refractivity (Wildman–Crippen MR) is 68.3 cm³/mol. The fourth-order valence-corrected chi connectivity index (χ4v) is 1.34. The van der Waals surface area contributed by atoms with Crippen molar-refractivity contribution in [3.8, 4) is 5.75 Å². The van der Waals surface area contributed by atoms with Crippen LogP contribution >= 0.6 is 0 Å². The summed E-state index contributed by atoms with van der Waals surface area (Å²) in [5.41, 5.74) is 0.721. The van der Waals surface area contributed by atoms with E-state index < -0.39 is 24.6 Å². The molecular weight excluding hydrogens is 266 g/mol. The zero-order chi connectivity index (χ0) is 15.1. The fourth-order valence-electron chi connectivity index (χ4n) is 1.34. The second kappa shape index (κ2) is 7.13. The molecule has 0 heterocycles. The Hall–Kier alpha value is -2.57. The van der Waals surface area contributed by atoms with E-state index in [0.717, 1.165) is 5.56 Å². The van der Waals surface area contributed by atoms with Crippen LogP contribution in [0, 0.1) is 6.92 Å². The number of imide groups is 1. The molecular formula is C13H15NO6. The number of carbonyl (C=O) groups excluding carboxylic acids is 3. The molecule has 0 unspecified atom stereocenters. The number of benzene rings is 1. The van der Waals surface area contributed by atoms with Crippen LogP contribution in [0.15, 0.2) is 18.2 Å². The summed E-state index contributed by atoms with van der Waals surface area (Å²) in [6, 6.07) is 4.40. The maximum atomic E-state index is 11.6. The van der Waals surface area contributed by atoms with Crippen molar-refractivity contribution in [3.05, 3.63) is 29.3 Å². The first-order chi connectivity index (χ1) is 9.43. The average molecular weight is 281 g/mol. The van der Waals surface area contributed by atoms with Crippen molar-refractivity contribution in [2.75, 3.05) is 13.2 Å². The van der Waals surface area contributed by atoms with E-state index in [-0.39, 0.29) is 17.9 Å². The highest BCUT2D eigenvalue weighted by atomic mass is 16.6. The quantitative estimate of drug-likeness (QED) is 0.802. The van der Waals surface area contributed by atoms with Gasteiger partial charge in [-0.1, -0.05) is 6.07 Å². The molecule has 1 aromatic rings. The molecule has 0 spiro atoms. The molecule has 0 aliphatic rings. The molecule has 7 heteroatoms. The highest BCUT2D eigenvalue weighted by Crippen LogP contribution is 2.19. The molecule has 1 rings (SSSR count). The largest absolute Gasteiger partial charge is 0.507 e. The van der Waals surface area contributed by atoms with Crippen molar-refractivity contribution in [2.45, 2.75) is 13.8 Å². The molecule has 0 saturated carbocycles. The normalized spacial score (nSPS) is 9.70. The summed E-state index contributed by atoms with van der Waals surface area (Å²) >= 11 is 0. The first-order valence-corrected chi connectivity index (χ1v) is 5.87. The Kier molecular flexibility index (Phi) is 5.52. The monoisotopic (exact) mass is 281 g/mol. The lowest BCUT2D eigenvalue weighted by molar-refractivity contribution is -0.123. The lowest BCUT2D eigenvalue weighted by atomic mass is 10.1. The van der Waals surface area contributed by atoms with Crippen LogP contribution in [0.5, 0.6) is 5.75 Å². The third-order valence-electron chi connectivity index (χ3n) is 2.22. The number of aromatic hydroxyl groups is 1. The molecule has 1 aromatic carbocycles. The van der Waals surface area contributed by atoms with Crippen LogP contribution in [-0.4, -0.2) is 36.3 Å². The Balaban J connectivity index is 2.51. The smallest absolute Gasteiger partial charge is 0.413 e. The fraction of sp³-hybridized carbons (Fsp3) is 0.308. The minimum atomic E-state index is -0.910. The number of alkyl carbamates (subject to hydrolysis) is 1.